The predicted octanol–water partition coefficient (Wildman–Crippen LogP) is 3.67. The van der Waals surface area contributed by atoms with Gasteiger partial charge in [0.1, 0.15) is 17.2 Å². The highest BCUT2D eigenvalue weighted by Crippen LogP contribution is 2.34. The van der Waals surface area contributed by atoms with E-state index in [1.807, 2.05) is 30.3 Å². The Kier molecular flexibility index (Phi) is 6.14. The number of hydrogen-bond donors (Lipinski definition) is 2. The number of aliphatic hydroxyl groups is 1. The van der Waals surface area contributed by atoms with Crippen LogP contribution in [0.4, 0.5) is 4.39 Å². The van der Waals surface area contributed by atoms with E-state index in [0.717, 1.165) is 11.1 Å². The van der Waals surface area contributed by atoms with Gasteiger partial charge in [-0.1, -0.05) is 30.3 Å². The Morgan fingerprint density at radius 2 is 1.68 bits per heavy atom. The minimum atomic E-state index is -0.357. The van der Waals surface area contributed by atoms with Crippen molar-refractivity contribution >= 4 is 5.91 Å². The number of aromatic nitrogens is 3. The molecule has 0 unspecified atom stereocenters. The lowest BCUT2D eigenvalue weighted by atomic mass is 9.99. The quantitative estimate of drug-likeness (QED) is 0.482. The third-order valence-electron chi connectivity index (χ3n) is 4.86. The Hall–Kier alpha value is -3.84. The van der Waals surface area contributed by atoms with Crippen LogP contribution < -0.4 is 5.32 Å². The Bertz CT molecular complexity index is 1160. The number of carbonyl (C=O) groups is 1. The summed E-state index contributed by atoms with van der Waals surface area (Å²) in [5.41, 5.74) is 3.85. The number of hydrogen-bond acceptors (Lipinski definition) is 4. The second-order valence-electron chi connectivity index (χ2n) is 6.93. The van der Waals surface area contributed by atoms with Gasteiger partial charge in [0.2, 0.25) is 0 Å². The maximum Gasteiger partial charge on any atom is 0.270 e. The molecule has 1 amide bonds. The van der Waals surface area contributed by atoms with Gasteiger partial charge < -0.3 is 10.4 Å². The van der Waals surface area contributed by atoms with Gasteiger partial charge in [0.05, 0.1) is 13.2 Å². The van der Waals surface area contributed by atoms with Crippen molar-refractivity contribution in [2.45, 2.75) is 13.1 Å². The van der Waals surface area contributed by atoms with Gasteiger partial charge in [-0.2, -0.15) is 5.10 Å². The molecule has 2 N–H and O–H groups in total. The topological polar surface area (TPSA) is 80.0 Å². The Balaban J connectivity index is 1.81. The van der Waals surface area contributed by atoms with E-state index in [0.29, 0.717) is 29.1 Å². The van der Waals surface area contributed by atoms with Crippen molar-refractivity contribution in [1.29, 1.82) is 0 Å². The van der Waals surface area contributed by atoms with Crippen molar-refractivity contribution in [2.75, 3.05) is 6.61 Å². The number of aliphatic hydroxyl groups excluding tert-OH is 1. The summed E-state index contributed by atoms with van der Waals surface area (Å²) >= 11 is 0. The number of amides is 1. The molecule has 7 heteroatoms. The molecule has 0 aliphatic carbocycles. The van der Waals surface area contributed by atoms with E-state index in [2.05, 4.69) is 15.4 Å². The molecule has 0 spiro atoms. The van der Waals surface area contributed by atoms with Gasteiger partial charge in [0.15, 0.2) is 0 Å². The fourth-order valence-corrected chi connectivity index (χ4v) is 3.41. The minimum absolute atomic E-state index is 0.146. The predicted molar refractivity (Wildman–Crippen MR) is 116 cm³/mol. The molecule has 0 aliphatic heterocycles. The van der Waals surface area contributed by atoms with Crippen molar-refractivity contribution in [3.05, 3.63) is 96.2 Å². The number of nitrogens with zero attached hydrogens (tertiary/aromatic N) is 3. The summed E-state index contributed by atoms with van der Waals surface area (Å²) in [6, 6.07) is 19.1. The molecule has 31 heavy (non-hydrogen) atoms. The summed E-state index contributed by atoms with van der Waals surface area (Å²) in [4.78, 5) is 17.3. The first kappa shape index (κ1) is 20.4. The Morgan fingerprint density at radius 1 is 0.968 bits per heavy atom. The summed E-state index contributed by atoms with van der Waals surface area (Å²) in [5, 5.41) is 17.1. The van der Waals surface area contributed by atoms with Gasteiger partial charge in [-0.3, -0.25) is 14.5 Å². The highest BCUT2D eigenvalue weighted by Gasteiger charge is 2.25. The van der Waals surface area contributed by atoms with Crippen molar-refractivity contribution < 1.29 is 14.3 Å². The molecule has 0 aliphatic rings. The van der Waals surface area contributed by atoms with E-state index < -0.39 is 0 Å². The Morgan fingerprint density at radius 3 is 2.35 bits per heavy atom. The molecule has 156 valence electrons. The highest BCUT2D eigenvalue weighted by atomic mass is 19.1. The van der Waals surface area contributed by atoms with Crippen LogP contribution in [0.1, 0.15) is 16.1 Å². The first-order valence-electron chi connectivity index (χ1n) is 9.87. The van der Waals surface area contributed by atoms with Gasteiger partial charge >= 0.3 is 0 Å². The average Bonchev–Trinajstić information content (AvgIpc) is 3.19. The fourth-order valence-electron chi connectivity index (χ4n) is 3.41. The first-order valence-corrected chi connectivity index (χ1v) is 9.87. The summed E-state index contributed by atoms with van der Waals surface area (Å²) in [7, 11) is 0. The molecule has 4 rings (SSSR count). The molecule has 2 aromatic carbocycles. The van der Waals surface area contributed by atoms with E-state index in [4.69, 9.17) is 0 Å². The number of pyridine rings is 1. The van der Waals surface area contributed by atoms with Crippen LogP contribution in [0.5, 0.6) is 0 Å². The summed E-state index contributed by atoms with van der Waals surface area (Å²) in [6.07, 6.45) is 3.28. The molecule has 0 saturated heterocycles. The fraction of sp³-hybridized carbons (Fsp3) is 0.125. The molecular weight excluding hydrogens is 395 g/mol. The molecule has 0 atom stereocenters. The molecule has 0 bridgehead atoms. The zero-order valence-electron chi connectivity index (χ0n) is 16.7. The van der Waals surface area contributed by atoms with Gasteiger partial charge in [-0.05, 0) is 47.5 Å². The van der Waals surface area contributed by atoms with E-state index >= 15 is 0 Å². The van der Waals surface area contributed by atoms with Crippen molar-refractivity contribution in [1.82, 2.24) is 20.1 Å². The number of nitrogens with one attached hydrogen (secondary N) is 1. The molecule has 4 aromatic rings. The molecule has 0 saturated carbocycles. The third kappa shape index (κ3) is 4.51. The second kappa shape index (κ2) is 9.32. The van der Waals surface area contributed by atoms with Crippen LogP contribution in [-0.2, 0) is 13.1 Å². The lowest BCUT2D eigenvalue weighted by Gasteiger charge is -2.10. The van der Waals surface area contributed by atoms with Crippen LogP contribution in [0.3, 0.4) is 0 Å². The van der Waals surface area contributed by atoms with Crippen LogP contribution >= 0.6 is 0 Å². The summed E-state index contributed by atoms with van der Waals surface area (Å²) in [6.45, 7) is 0.318. The number of rotatable bonds is 7. The van der Waals surface area contributed by atoms with Gasteiger partial charge in [0, 0.05) is 30.1 Å². The number of carbonyl (C=O) groups excluding carboxylic acids is 1. The van der Waals surface area contributed by atoms with Crippen LogP contribution in [0.2, 0.25) is 0 Å². The number of halogens is 1. The first-order chi connectivity index (χ1) is 15.2. The highest BCUT2D eigenvalue weighted by molar-refractivity contribution is 6.03. The van der Waals surface area contributed by atoms with Gasteiger partial charge in [0.25, 0.3) is 5.91 Å². The van der Waals surface area contributed by atoms with Crippen LogP contribution in [0.15, 0.2) is 79.1 Å². The largest absolute Gasteiger partial charge is 0.394 e. The monoisotopic (exact) mass is 416 g/mol. The molecular formula is C24H21FN4O2. The molecule has 2 heterocycles. The molecule has 0 fully saturated rings. The Labute approximate surface area is 179 Å². The molecule has 0 radical (unpaired) electrons. The van der Waals surface area contributed by atoms with Crippen molar-refractivity contribution in [2.24, 2.45) is 0 Å². The molecule has 2 aromatic heterocycles. The SMILES string of the molecule is O=C(NCc1ccccc1)c1c(-c2ccncc2)c(-c2ccc(F)cc2)nn1CCO. The van der Waals surface area contributed by atoms with Gasteiger partial charge in [-0.25, -0.2) is 4.39 Å². The maximum atomic E-state index is 13.5. The minimum Gasteiger partial charge on any atom is -0.394 e. The number of benzene rings is 2. The summed E-state index contributed by atoms with van der Waals surface area (Å²) < 4.78 is 15.0. The van der Waals surface area contributed by atoms with Crippen LogP contribution in [0.25, 0.3) is 22.4 Å². The third-order valence-corrected chi connectivity index (χ3v) is 4.86. The second-order valence-corrected chi connectivity index (χ2v) is 6.93. The van der Waals surface area contributed by atoms with Crippen LogP contribution in [-0.4, -0.2) is 32.4 Å². The lowest BCUT2D eigenvalue weighted by Crippen LogP contribution is -2.27. The van der Waals surface area contributed by atoms with Crippen molar-refractivity contribution in [3.63, 3.8) is 0 Å². The van der Waals surface area contributed by atoms with E-state index in [1.54, 1.807) is 36.7 Å². The standard InChI is InChI=1S/C24H21FN4O2/c25-20-8-6-19(7-9-20)22-21(18-10-12-26-13-11-18)23(29(28-22)14-15-30)24(31)27-16-17-4-2-1-3-5-17/h1-13,30H,14-16H2,(H,27,31). The lowest BCUT2D eigenvalue weighted by molar-refractivity contribution is 0.0939. The van der Waals surface area contributed by atoms with Crippen LogP contribution in [0, 0.1) is 5.82 Å². The summed E-state index contributed by atoms with van der Waals surface area (Å²) in [5.74, 6) is -0.671. The smallest absolute Gasteiger partial charge is 0.270 e. The van der Waals surface area contributed by atoms with E-state index in [9.17, 15) is 14.3 Å². The maximum absolute atomic E-state index is 13.5. The zero-order chi connectivity index (χ0) is 21.6. The van der Waals surface area contributed by atoms with Gasteiger partial charge in [-0.15, -0.1) is 0 Å². The van der Waals surface area contributed by atoms with Crippen molar-refractivity contribution in [3.8, 4) is 22.4 Å². The van der Waals surface area contributed by atoms with E-state index in [-0.39, 0.29) is 24.9 Å². The average molecular weight is 416 g/mol. The zero-order valence-corrected chi connectivity index (χ0v) is 16.7. The normalized spacial score (nSPS) is 10.8. The van der Waals surface area contributed by atoms with E-state index in [1.165, 1.54) is 16.8 Å². The molecule has 6 nitrogen and oxygen atoms in total.